The fraction of sp³-hybridized carbons (Fsp3) is 0.300. The van der Waals surface area contributed by atoms with Gasteiger partial charge in [-0.2, -0.15) is 0 Å². The van der Waals surface area contributed by atoms with Crippen molar-refractivity contribution in [1.29, 1.82) is 0 Å². The SMILES string of the molecule is O=C(CC[C@@H]1CCCO1)Nc1ccc(-c2nc3ccccc3s2)cc1. The molecule has 1 N–H and O–H groups in total. The number of fused-ring (bicyclic) bond motifs is 1. The minimum atomic E-state index is 0.0447. The molecule has 3 aromatic rings. The maximum absolute atomic E-state index is 12.1. The predicted octanol–water partition coefficient (Wildman–Crippen LogP) is 4.86. The number of anilines is 1. The van der Waals surface area contributed by atoms with Crippen molar-refractivity contribution < 1.29 is 9.53 Å². The van der Waals surface area contributed by atoms with E-state index in [1.54, 1.807) is 11.3 Å². The molecule has 0 unspecified atom stereocenters. The lowest BCUT2D eigenvalue weighted by Gasteiger charge is -2.09. The molecular weight excluding hydrogens is 332 g/mol. The highest BCUT2D eigenvalue weighted by molar-refractivity contribution is 7.21. The molecule has 1 saturated heterocycles. The number of thiazole rings is 1. The Balaban J connectivity index is 1.38. The standard InChI is InChI=1S/C20H20N2O2S/c23-19(12-11-16-4-3-13-24-16)21-15-9-7-14(8-10-15)20-22-17-5-1-2-6-18(17)25-20/h1-2,5-10,16H,3-4,11-13H2,(H,21,23)/t16-/m0/s1. The van der Waals surface area contributed by atoms with E-state index in [0.29, 0.717) is 6.42 Å². The Morgan fingerprint density at radius 2 is 2.04 bits per heavy atom. The number of nitrogens with one attached hydrogen (secondary N) is 1. The van der Waals surface area contributed by atoms with E-state index in [0.717, 1.165) is 47.6 Å². The summed E-state index contributed by atoms with van der Waals surface area (Å²) in [6.07, 6.45) is 3.75. The number of hydrogen-bond donors (Lipinski definition) is 1. The molecule has 1 amide bonds. The first-order valence-electron chi connectivity index (χ1n) is 8.65. The van der Waals surface area contributed by atoms with E-state index in [2.05, 4.69) is 16.4 Å². The van der Waals surface area contributed by atoms with E-state index in [4.69, 9.17) is 4.74 Å². The Hall–Kier alpha value is -2.24. The molecule has 128 valence electrons. The average molecular weight is 352 g/mol. The molecule has 4 nitrogen and oxygen atoms in total. The largest absolute Gasteiger partial charge is 0.378 e. The van der Waals surface area contributed by atoms with E-state index in [1.807, 2.05) is 42.5 Å². The Morgan fingerprint density at radius 3 is 2.80 bits per heavy atom. The second kappa shape index (κ2) is 7.33. The third-order valence-electron chi connectivity index (χ3n) is 4.43. The summed E-state index contributed by atoms with van der Waals surface area (Å²) in [5.74, 6) is 0.0447. The van der Waals surface area contributed by atoms with Gasteiger partial charge in [-0.05, 0) is 55.7 Å². The monoisotopic (exact) mass is 352 g/mol. The molecular formula is C20H20N2O2S. The number of carbonyl (C=O) groups is 1. The average Bonchev–Trinajstić information content (AvgIpc) is 3.30. The highest BCUT2D eigenvalue weighted by atomic mass is 32.1. The molecule has 2 heterocycles. The van der Waals surface area contributed by atoms with Crippen LogP contribution in [0.15, 0.2) is 48.5 Å². The highest BCUT2D eigenvalue weighted by Crippen LogP contribution is 2.30. The molecule has 1 fully saturated rings. The molecule has 0 radical (unpaired) electrons. The highest BCUT2D eigenvalue weighted by Gasteiger charge is 2.16. The fourth-order valence-corrected chi connectivity index (χ4v) is 4.05. The van der Waals surface area contributed by atoms with Crippen LogP contribution in [-0.4, -0.2) is 23.6 Å². The third kappa shape index (κ3) is 3.89. The van der Waals surface area contributed by atoms with Gasteiger partial charge in [0.05, 0.1) is 16.3 Å². The van der Waals surface area contributed by atoms with Crippen LogP contribution in [0.5, 0.6) is 0 Å². The summed E-state index contributed by atoms with van der Waals surface area (Å²) in [4.78, 5) is 16.7. The molecule has 0 bridgehead atoms. The van der Waals surface area contributed by atoms with Crippen LogP contribution in [0, 0.1) is 0 Å². The summed E-state index contributed by atoms with van der Waals surface area (Å²) in [6.45, 7) is 0.833. The van der Waals surface area contributed by atoms with Gasteiger partial charge < -0.3 is 10.1 Å². The quantitative estimate of drug-likeness (QED) is 0.713. The van der Waals surface area contributed by atoms with Crippen molar-refractivity contribution in [3.63, 3.8) is 0 Å². The number of hydrogen-bond acceptors (Lipinski definition) is 4. The van der Waals surface area contributed by atoms with Crippen molar-refractivity contribution in [3.8, 4) is 10.6 Å². The number of nitrogens with zero attached hydrogens (tertiary/aromatic N) is 1. The number of rotatable bonds is 5. The maximum Gasteiger partial charge on any atom is 0.224 e. The summed E-state index contributed by atoms with van der Waals surface area (Å²) in [5.41, 5.74) is 2.91. The second-order valence-corrected chi connectivity index (χ2v) is 7.32. The molecule has 1 aromatic heterocycles. The van der Waals surface area contributed by atoms with Gasteiger partial charge in [0, 0.05) is 24.3 Å². The number of para-hydroxylation sites is 1. The van der Waals surface area contributed by atoms with Crippen LogP contribution in [0.2, 0.25) is 0 Å². The van der Waals surface area contributed by atoms with Crippen LogP contribution in [0.4, 0.5) is 5.69 Å². The zero-order valence-corrected chi connectivity index (χ0v) is 14.7. The molecule has 4 rings (SSSR count). The zero-order valence-electron chi connectivity index (χ0n) is 13.9. The minimum absolute atomic E-state index is 0.0447. The van der Waals surface area contributed by atoms with Crippen molar-refractivity contribution in [1.82, 2.24) is 4.98 Å². The van der Waals surface area contributed by atoms with E-state index >= 15 is 0 Å². The molecule has 25 heavy (non-hydrogen) atoms. The fourth-order valence-electron chi connectivity index (χ4n) is 3.08. The molecule has 0 aliphatic carbocycles. The summed E-state index contributed by atoms with van der Waals surface area (Å²) < 4.78 is 6.74. The molecule has 0 saturated carbocycles. The summed E-state index contributed by atoms with van der Waals surface area (Å²) in [5, 5.41) is 3.96. The normalized spacial score (nSPS) is 17.0. The van der Waals surface area contributed by atoms with Crippen molar-refractivity contribution >= 4 is 33.1 Å². The lowest BCUT2D eigenvalue weighted by atomic mass is 10.1. The molecule has 5 heteroatoms. The Bertz CT molecular complexity index is 834. The third-order valence-corrected chi connectivity index (χ3v) is 5.51. The van der Waals surface area contributed by atoms with Gasteiger partial charge in [0.15, 0.2) is 0 Å². The van der Waals surface area contributed by atoms with Gasteiger partial charge in [0.2, 0.25) is 5.91 Å². The lowest BCUT2D eigenvalue weighted by Crippen LogP contribution is -2.15. The lowest BCUT2D eigenvalue weighted by molar-refractivity contribution is -0.116. The zero-order chi connectivity index (χ0) is 17.1. The van der Waals surface area contributed by atoms with Crippen molar-refractivity contribution in [2.75, 3.05) is 11.9 Å². The van der Waals surface area contributed by atoms with Crippen LogP contribution in [-0.2, 0) is 9.53 Å². The maximum atomic E-state index is 12.1. The molecule has 1 atom stereocenters. The Kier molecular flexibility index (Phi) is 4.76. The summed E-state index contributed by atoms with van der Waals surface area (Å²) in [6, 6.07) is 16.0. The summed E-state index contributed by atoms with van der Waals surface area (Å²) in [7, 11) is 0. The van der Waals surface area contributed by atoms with Crippen molar-refractivity contribution in [2.45, 2.75) is 31.8 Å². The van der Waals surface area contributed by atoms with Crippen LogP contribution in [0.25, 0.3) is 20.8 Å². The van der Waals surface area contributed by atoms with Crippen LogP contribution >= 0.6 is 11.3 Å². The first kappa shape index (κ1) is 16.2. The van der Waals surface area contributed by atoms with Crippen LogP contribution < -0.4 is 5.32 Å². The van der Waals surface area contributed by atoms with E-state index in [9.17, 15) is 4.79 Å². The van der Waals surface area contributed by atoms with Gasteiger partial charge in [-0.25, -0.2) is 4.98 Å². The van der Waals surface area contributed by atoms with Crippen molar-refractivity contribution in [2.24, 2.45) is 0 Å². The van der Waals surface area contributed by atoms with Gasteiger partial charge in [0.1, 0.15) is 5.01 Å². The Morgan fingerprint density at radius 1 is 1.20 bits per heavy atom. The molecule has 0 spiro atoms. The Labute approximate surface area is 150 Å². The van der Waals surface area contributed by atoms with E-state index in [1.165, 1.54) is 4.70 Å². The number of ether oxygens (including phenoxy) is 1. The van der Waals surface area contributed by atoms with Crippen LogP contribution in [0.1, 0.15) is 25.7 Å². The number of aromatic nitrogens is 1. The van der Waals surface area contributed by atoms with Crippen molar-refractivity contribution in [3.05, 3.63) is 48.5 Å². The van der Waals surface area contributed by atoms with Gasteiger partial charge in [-0.15, -0.1) is 11.3 Å². The number of benzene rings is 2. The first-order valence-corrected chi connectivity index (χ1v) is 9.47. The van der Waals surface area contributed by atoms with E-state index in [-0.39, 0.29) is 12.0 Å². The molecule has 1 aliphatic rings. The molecule has 2 aromatic carbocycles. The summed E-state index contributed by atoms with van der Waals surface area (Å²) >= 11 is 1.68. The smallest absolute Gasteiger partial charge is 0.224 e. The first-order chi connectivity index (χ1) is 12.3. The van der Waals surface area contributed by atoms with Gasteiger partial charge in [-0.3, -0.25) is 4.79 Å². The van der Waals surface area contributed by atoms with Gasteiger partial charge >= 0.3 is 0 Å². The number of amides is 1. The van der Waals surface area contributed by atoms with Crippen LogP contribution in [0.3, 0.4) is 0 Å². The van der Waals surface area contributed by atoms with E-state index < -0.39 is 0 Å². The number of carbonyl (C=O) groups excluding carboxylic acids is 1. The van der Waals surface area contributed by atoms with Gasteiger partial charge in [-0.1, -0.05) is 12.1 Å². The van der Waals surface area contributed by atoms with Gasteiger partial charge in [0.25, 0.3) is 0 Å². The topological polar surface area (TPSA) is 51.2 Å². The minimum Gasteiger partial charge on any atom is -0.378 e. The predicted molar refractivity (Wildman–Crippen MR) is 102 cm³/mol. The second-order valence-electron chi connectivity index (χ2n) is 6.29. The molecule has 1 aliphatic heterocycles.